The minimum absolute atomic E-state index is 0.121. The van der Waals surface area contributed by atoms with Crippen molar-refractivity contribution < 1.29 is 14.3 Å². The summed E-state index contributed by atoms with van der Waals surface area (Å²) in [5.74, 6) is 1.76. The average Bonchev–Trinajstić information content (AvgIpc) is 2.89. The van der Waals surface area contributed by atoms with Gasteiger partial charge in [-0.1, -0.05) is 29.8 Å². The Kier molecular flexibility index (Phi) is 8.26. The van der Waals surface area contributed by atoms with Crippen molar-refractivity contribution >= 4 is 17.5 Å². The molecule has 35 heavy (non-hydrogen) atoms. The fourth-order valence-electron chi connectivity index (χ4n) is 4.69. The van der Waals surface area contributed by atoms with E-state index in [2.05, 4.69) is 22.3 Å². The van der Waals surface area contributed by atoms with Crippen LogP contribution in [0.3, 0.4) is 0 Å². The lowest BCUT2D eigenvalue weighted by molar-refractivity contribution is 0.0950. The minimum Gasteiger partial charge on any atom is -0.493 e. The molecule has 1 aliphatic heterocycles. The van der Waals surface area contributed by atoms with Gasteiger partial charge in [-0.25, -0.2) is 0 Å². The summed E-state index contributed by atoms with van der Waals surface area (Å²) in [5.41, 5.74) is 4.75. The highest BCUT2D eigenvalue weighted by atomic mass is 35.5. The second-order valence-electron chi connectivity index (χ2n) is 8.88. The van der Waals surface area contributed by atoms with Gasteiger partial charge in [0.2, 0.25) is 0 Å². The standard InChI is InChI=1S/C28H32ClN3O3/c1-19-23(7-4-8-24(19)29)28(33)31-17-22-6-5-13-30-27(22)21-11-14-32(15-12-21)18-20-9-10-25(34-2)26(16-20)35-3/h4-10,13,16,21H,11-12,14-15,17-18H2,1-3H3,(H,31,33). The predicted molar refractivity (Wildman–Crippen MR) is 138 cm³/mol. The molecule has 0 spiro atoms. The largest absolute Gasteiger partial charge is 0.493 e. The Morgan fingerprint density at radius 2 is 1.86 bits per heavy atom. The molecule has 1 saturated heterocycles. The molecule has 1 aromatic heterocycles. The van der Waals surface area contributed by atoms with Crippen molar-refractivity contribution in [1.29, 1.82) is 0 Å². The topological polar surface area (TPSA) is 63.7 Å². The van der Waals surface area contributed by atoms with Gasteiger partial charge in [-0.3, -0.25) is 14.7 Å². The zero-order chi connectivity index (χ0) is 24.8. The predicted octanol–water partition coefficient (Wildman–Crippen LogP) is 5.37. The number of piperidine rings is 1. The molecule has 0 aliphatic carbocycles. The van der Waals surface area contributed by atoms with Crippen LogP contribution in [0.15, 0.2) is 54.7 Å². The van der Waals surface area contributed by atoms with E-state index in [4.69, 9.17) is 26.1 Å². The number of amides is 1. The number of carbonyl (C=O) groups is 1. The van der Waals surface area contributed by atoms with Crippen LogP contribution in [-0.4, -0.2) is 43.1 Å². The molecule has 0 unspecified atom stereocenters. The summed E-state index contributed by atoms with van der Waals surface area (Å²) in [7, 11) is 3.31. The van der Waals surface area contributed by atoms with Gasteiger partial charge in [-0.2, -0.15) is 0 Å². The van der Waals surface area contributed by atoms with Gasteiger partial charge < -0.3 is 14.8 Å². The van der Waals surface area contributed by atoms with Gasteiger partial charge in [-0.15, -0.1) is 0 Å². The van der Waals surface area contributed by atoms with Crippen molar-refractivity contribution in [2.45, 2.75) is 38.8 Å². The number of carbonyl (C=O) groups excluding carboxylic acids is 1. The molecule has 1 N–H and O–H groups in total. The first-order valence-corrected chi connectivity index (χ1v) is 12.3. The Labute approximate surface area is 212 Å². The van der Waals surface area contributed by atoms with E-state index in [1.807, 2.05) is 31.3 Å². The third-order valence-corrected chi connectivity index (χ3v) is 7.12. The van der Waals surface area contributed by atoms with Crippen molar-refractivity contribution in [3.8, 4) is 11.5 Å². The van der Waals surface area contributed by atoms with Gasteiger partial charge in [0, 0.05) is 41.5 Å². The van der Waals surface area contributed by atoms with Crippen molar-refractivity contribution in [1.82, 2.24) is 15.2 Å². The second-order valence-corrected chi connectivity index (χ2v) is 9.29. The third kappa shape index (κ3) is 5.95. The van der Waals surface area contributed by atoms with Gasteiger partial charge in [0.25, 0.3) is 5.91 Å². The van der Waals surface area contributed by atoms with Crippen molar-refractivity contribution in [2.75, 3.05) is 27.3 Å². The first-order valence-electron chi connectivity index (χ1n) is 11.9. The highest BCUT2D eigenvalue weighted by Gasteiger charge is 2.24. The number of halogens is 1. The summed E-state index contributed by atoms with van der Waals surface area (Å²) in [6.45, 7) is 5.16. The monoisotopic (exact) mass is 493 g/mol. The van der Waals surface area contributed by atoms with Crippen LogP contribution in [0, 0.1) is 6.92 Å². The summed E-state index contributed by atoms with van der Waals surface area (Å²) < 4.78 is 10.8. The van der Waals surface area contributed by atoms with E-state index in [0.717, 1.165) is 60.8 Å². The van der Waals surface area contributed by atoms with Crippen LogP contribution in [-0.2, 0) is 13.1 Å². The Morgan fingerprint density at radius 1 is 1.09 bits per heavy atom. The number of ether oxygens (including phenoxy) is 2. The summed E-state index contributed by atoms with van der Waals surface area (Å²) in [6.07, 6.45) is 3.90. The van der Waals surface area contributed by atoms with Crippen LogP contribution < -0.4 is 14.8 Å². The molecule has 1 amide bonds. The van der Waals surface area contributed by atoms with Crippen LogP contribution in [0.1, 0.15) is 51.5 Å². The maximum atomic E-state index is 12.8. The first kappa shape index (κ1) is 25.0. The molecule has 184 valence electrons. The molecule has 6 nitrogen and oxygen atoms in total. The first-order chi connectivity index (χ1) is 17.0. The number of hydrogen-bond donors (Lipinski definition) is 1. The van der Waals surface area contributed by atoms with Gasteiger partial charge in [0.1, 0.15) is 0 Å². The number of likely N-dealkylation sites (tertiary alicyclic amines) is 1. The smallest absolute Gasteiger partial charge is 0.251 e. The molecular formula is C28H32ClN3O3. The van der Waals surface area contributed by atoms with E-state index in [-0.39, 0.29) is 5.91 Å². The lowest BCUT2D eigenvalue weighted by atomic mass is 9.90. The Morgan fingerprint density at radius 3 is 2.60 bits per heavy atom. The van der Waals surface area contributed by atoms with E-state index in [0.29, 0.717) is 23.0 Å². The van der Waals surface area contributed by atoms with E-state index >= 15 is 0 Å². The fraction of sp³-hybridized carbons (Fsp3) is 0.357. The molecule has 0 saturated carbocycles. The van der Waals surface area contributed by atoms with Gasteiger partial charge in [0.05, 0.1) is 14.2 Å². The molecule has 3 aromatic rings. The van der Waals surface area contributed by atoms with Crippen molar-refractivity contribution in [2.24, 2.45) is 0 Å². The second kappa shape index (κ2) is 11.6. The molecule has 4 rings (SSSR count). The molecule has 7 heteroatoms. The number of nitrogens with zero attached hydrogens (tertiary/aromatic N) is 2. The molecule has 2 heterocycles. The van der Waals surface area contributed by atoms with Crippen molar-refractivity contribution in [3.05, 3.63) is 87.7 Å². The highest BCUT2D eigenvalue weighted by molar-refractivity contribution is 6.31. The van der Waals surface area contributed by atoms with Crippen LogP contribution in [0.25, 0.3) is 0 Å². The molecule has 1 fully saturated rings. The lowest BCUT2D eigenvalue weighted by Crippen LogP contribution is -2.33. The number of benzene rings is 2. The van der Waals surface area contributed by atoms with E-state index in [9.17, 15) is 4.79 Å². The number of rotatable bonds is 8. The summed E-state index contributed by atoms with van der Waals surface area (Å²) in [4.78, 5) is 19.9. The van der Waals surface area contributed by atoms with E-state index < -0.39 is 0 Å². The van der Waals surface area contributed by atoms with Crippen LogP contribution in [0.4, 0.5) is 0 Å². The molecule has 0 bridgehead atoms. The normalized spacial score (nSPS) is 14.5. The zero-order valence-electron chi connectivity index (χ0n) is 20.5. The lowest BCUT2D eigenvalue weighted by Gasteiger charge is -2.32. The Bertz CT molecular complexity index is 1180. The van der Waals surface area contributed by atoms with Gasteiger partial charge in [-0.05, 0) is 79.9 Å². The quantitative estimate of drug-likeness (QED) is 0.457. The Balaban J connectivity index is 1.36. The molecular weight excluding hydrogens is 462 g/mol. The SMILES string of the molecule is COc1ccc(CN2CCC(c3ncccc3CNC(=O)c3cccc(Cl)c3C)CC2)cc1OC. The Hall–Kier alpha value is -3.09. The number of hydrogen-bond acceptors (Lipinski definition) is 5. The highest BCUT2D eigenvalue weighted by Crippen LogP contribution is 2.31. The summed E-state index contributed by atoms with van der Waals surface area (Å²) >= 11 is 6.19. The number of aromatic nitrogens is 1. The van der Waals surface area contributed by atoms with Crippen LogP contribution >= 0.6 is 11.6 Å². The van der Waals surface area contributed by atoms with Gasteiger partial charge >= 0.3 is 0 Å². The number of pyridine rings is 1. The van der Waals surface area contributed by atoms with Crippen LogP contribution in [0.2, 0.25) is 5.02 Å². The van der Waals surface area contributed by atoms with Crippen molar-refractivity contribution in [3.63, 3.8) is 0 Å². The molecule has 0 radical (unpaired) electrons. The molecule has 0 atom stereocenters. The maximum Gasteiger partial charge on any atom is 0.251 e. The third-order valence-electron chi connectivity index (χ3n) is 6.71. The summed E-state index contributed by atoms with van der Waals surface area (Å²) in [6, 6.07) is 15.5. The minimum atomic E-state index is -0.121. The van der Waals surface area contributed by atoms with Crippen LogP contribution in [0.5, 0.6) is 11.5 Å². The average molecular weight is 494 g/mol. The van der Waals surface area contributed by atoms with E-state index in [1.54, 1.807) is 32.4 Å². The fourth-order valence-corrected chi connectivity index (χ4v) is 4.87. The molecule has 2 aromatic carbocycles. The molecule has 1 aliphatic rings. The maximum absolute atomic E-state index is 12.8. The summed E-state index contributed by atoms with van der Waals surface area (Å²) in [5, 5.41) is 3.65. The number of nitrogens with one attached hydrogen (secondary N) is 1. The van der Waals surface area contributed by atoms with E-state index in [1.165, 1.54) is 5.56 Å². The zero-order valence-corrected chi connectivity index (χ0v) is 21.3. The van der Waals surface area contributed by atoms with Gasteiger partial charge in [0.15, 0.2) is 11.5 Å². The number of methoxy groups -OCH3 is 2.